The molecule has 2 aromatic carbocycles. The van der Waals surface area contributed by atoms with Crippen LogP contribution in [0.5, 0.6) is 0 Å². The Bertz CT molecular complexity index is 859. The first-order valence-corrected chi connectivity index (χ1v) is 10.2. The van der Waals surface area contributed by atoms with Crippen molar-refractivity contribution in [3.05, 3.63) is 86.3 Å². The van der Waals surface area contributed by atoms with Gasteiger partial charge in [0.2, 0.25) is 5.91 Å². The van der Waals surface area contributed by atoms with E-state index in [4.69, 9.17) is 0 Å². The van der Waals surface area contributed by atoms with Crippen LogP contribution in [-0.4, -0.2) is 10.9 Å². The van der Waals surface area contributed by atoms with E-state index in [2.05, 4.69) is 40.1 Å². The maximum atomic E-state index is 12.7. The van der Waals surface area contributed by atoms with Crippen molar-refractivity contribution in [2.75, 3.05) is 0 Å². The fraction of sp³-hybridized carbons (Fsp3) is 0.238. The van der Waals surface area contributed by atoms with E-state index in [-0.39, 0.29) is 11.9 Å². The van der Waals surface area contributed by atoms with E-state index in [1.807, 2.05) is 60.0 Å². The molecule has 1 atom stereocenters. The Morgan fingerprint density at radius 3 is 2.35 bits per heavy atom. The third-order valence-electron chi connectivity index (χ3n) is 4.05. The van der Waals surface area contributed by atoms with Crippen molar-refractivity contribution in [1.29, 1.82) is 0 Å². The van der Waals surface area contributed by atoms with Crippen molar-refractivity contribution in [3.8, 4) is 0 Å². The van der Waals surface area contributed by atoms with Gasteiger partial charge in [0.25, 0.3) is 0 Å². The summed E-state index contributed by atoms with van der Waals surface area (Å²) in [4.78, 5) is 17.2. The SMILES string of the molecule is CC(C)c1nc(CC(=O)NC(c2ccccc2)c2ccc(Br)cc2)cs1. The van der Waals surface area contributed by atoms with Gasteiger partial charge in [-0.3, -0.25) is 4.79 Å². The lowest BCUT2D eigenvalue weighted by molar-refractivity contribution is -0.121. The third-order valence-corrected chi connectivity index (χ3v) is 5.77. The summed E-state index contributed by atoms with van der Waals surface area (Å²) in [5, 5.41) is 6.21. The second-order valence-electron chi connectivity index (χ2n) is 6.47. The average Bonchev–Trinajstić information content (AvgIpc) is 3.10. The van der Waals surface area contributed by atoms with E-state index < -0.39 is 0 Å². The quantitative estimate of drug-likeness (QED) is 0.564. The fourth-order valence-electron chi connectivity index (χ4n) is 2.71. The molecule has 134 valence electrons. The first-order chi connectivity index (χ1) is 12.5. The molecule has 1 heterocycles. The third kappa shape index (κ3) is 4.80. The number of aromatic nitrogens is 1. The molecule has 5 heteroatoms. The molecule has 0 radical (unpaired) electrons. The van der Waals surface area contributed by atoms with E-state index in [1.165, 1.54) is 0 Å². The van der Waals surface area contributed by atoms with Crippen molar-refractivity contribution in [2.24, 2.45) is 0 Å². The topological polar surface area (TPSA) is 42.0 Å². The van der Waals surface area contributed by atoms with Crippen LogP contribution in [0.4, 0.5) is 0 Å². The molecule has 0 bridgehead atoms. The smallest absolute Gasteiger partial charge is 0.226 e. The zero-order chi connectivity index (χ0) is 18.5. The number of halogens is 1. The number of nitrogens with zero attached hydrogens (tertiary/aromatic N) is 1. The number of nitrogens with one attached hydrogen (secondary N) is 1. The molecule has 0 aliphatic heterocycles. The van der Waals surface area contributed by atoms with Crippen LogP contribution in [0, 0.1) is 0 Å². The van der Waals surface area contributed by atoms with Crippen LogP contribution < -0.4 is 5.32 Å². The zero-order valence-electron chi connectivity index (χ0n) is 14.8. The lowest BCUT2D eigenvalue weighted by Crippen LogP contribution is -2.30. The number of rotatable bonds is 6. The molecule has 3 nitrogen and oxygen atoms in total. The van der Waals surface area contributed by atoms with Crippen LogP contribution in [-0.2, 0) is 11.2 Å². The number of carbonyl (C=O) groups excluding carboxylic acids is 1. The molecular formula is C21H21BrN2OS. The van der Waals surface area contributed by atoms with Gasteiger partial charge in [-0.05, 0) is 23.3 Å². The maximum absolute atomic E-state index is 12.7. The summed E-state index contributed by atoms with van der Waals surface area (Å²) < 4.78 is 1.02. The van der Waals surface area contributed by atoms with Gasteiger partial charge < -0.3 is 5.32 Å². The molecule has 1 unspecified atom stereocenters. The molecule has 0 fully saturated rings. The Morgan fingerprint density at radius 2 is 1.73 bits per heavy atom. The maximum Gasteiger partial charge on any atom is 0.226 e. The summed E-state index contributed by atoms with van der Waals surface area (Å²) in [6.45, 7) is 4.23. The van der Waals surface area contributed by atoms with Gasteiger partial charge in [-0.25, -0.2) is 4.98 Å². The van der Waals surface area contributed by atoms with Crippen molar-refractivity contribution in [1.82, 2.24) is 10.3 Å². The minimum Gasteiger partial charge on any atom is -0.345 e. The van der Waals surface area contributed by atoms with E-state index in [0.29, 0.717) is 12.3 Å². The Morgan fingerprint density at radius 1 is 1.08 bits per heavy atom. The van der Waals surface area contributed by atoms with Gasteiger partial charge in [-0.1, -0.05) is 72.2 Å². The van der Waals surface area contributed by atoms with Gasteiger partial charge >= 0.3 is 0 Å². The van der Waals surface area contributed by atoms with Gasteiger partial charge in [-0.15, -0.1) is 11.3 Å². The Kier molecular flexibility index (Phi) is 6.22. The Hall–Kier alpha value is -1.98. The molecular weight excluding hydrogens is 408 g/mol. The van der Waals surface area contributed by atoms with Gasteiger partial charge in [0.05, 0.1) is 23.2 Å². The number of benzene rings is 2. The minimum atomic E-state index is -0.181. The zero-order valence-corrected chi connectivity index (χ0v) is 17.2. The summed E-state index contributed by atoms with van der Waals surface area (Å²) in [6.07, 6.45) is 0.295. The molecule has 0 saturated heterocycles. The molecule has 1 N–H and O–H groups in total. The van der Waals surface area contributed by atoms with Gasteiger partial charge in [-0.2, -0.15) is 0 Å². The number of carbonyl (C=O) groups is 1. The normalized spacial score (nSPS) is 12.2. The largest absolute Gasteiger partial charge is 0.345 e. The van der Waals surface area contributed by atoms with Crippen molar-refractivity contribution < 1.29 is 4.79 Å². The number of amides is 1. The highest BCUT2D eigenvalue weighted by atomic mass is 79.9. The van der Waals surface area contributed by atoms with Crippen LogP contribution in [0.2, 0.25) is 0 Å². The number of hydrogen-bond acceptors (Lipinski definition) is 3. The Labute approximate surface area is 166 Å². The first kappa shape index (κ1) is 18.8. The summed E-state index contributed by atoms with van der Waals surface area (Å²) in [7, 11) is 0. The molecule has 0 spiro atoms. The molecule has 26 heavy (non-hydrogen) atoms. The molecule has 0 aliphatic carbocycles. The molecule has 1 aromatic heterocycles. The first-order valence-electron chi connectivity index (χ1n) is 8.57. The average molecular weight is 429 g/mol. The van der Waals surface area contributed by atoms with Crippen LogP contribution in [0.25, 0.3) is 0 Å². The molecule has 0 saturated carbocycles. The van der Waals surface area contributed by atoms with Crippen molar-refractivity contribution in [3.63, 3.8) is 0 Å². The monoisotopic (exact) mass is 428 g/mol. The summed E-state index contributed by atoms with van der Waals surface area (Å²) >= 11 is 5.08. The summed E-state index contributed by atoms with van der Waals surface area (Å²) in [6, 6.07) is 17.9. The van der Waals surface area contributed by atoms with E-state index in [0.717, 1.165) is 26.3 Å². The van der Waals surface area contributed by atoms with E-state index in [1.54, 1.807) is 11.3 Å². The van der Waals surface area contributed by atoms with Crippen LogP contribution in [0.15, 0.2) is 64.5 Å². The second-order valence-corrected chi connectivity index (χ2v) is 8.28. The van der Waals surface area contributed by atoms with Crippen molar-refractivity contribution in [2.45, 2.75) is 32.2 Å². The molecule has 0 aliphatic rings. The molecule has 3 aromatic rings. The number of hydrogen-bond donors (Lipinski definition) is 1. The van der Waals surface area contributed by atoms with Crippen LogP contribution in [0.1, 0.15) is 47.6 Å². The Balaban J connectivity index is 1.78. The number of thiazole rings is 1. The lowest BCUT2D eigenvalue weighted by Gasteiger charge is -2.20. The highest BCUT2D eigenvalue weighted by Gasteiger charge is 2.18. The van der Waals surface area contributed by atoms with Crippen LogP contribution in [0.3, 0.4) is 0 Å². The van der Waals surface area contributed by atoms with E-state index >= 15 is 0 Å². The van der Waals surface area contributed by atoms with Crippen LogP contribution >= 0.6 is 27.3 Å². The predicted octanol–water partition coefficient (Wildman–Crippen LogP) is 5.48. The molecule has 1 amide bonds. The minimum absolute atomic E-state index is 0.0256. The second kappa shape index (κ2) is 8.60. The highest BCUT2D eigenvalue weighted by molar-refractivity contribution is 9.10. The molecule has 3 rings (SSSR count). The van der Waals surface area contributed by atoms with Crippen molar-refractivity contribution >= 4 is 33.2 Å². The summed E-state index contributed by atoms with van der Waals surface area (Å²) in [5.41, 5.74) is 2.94. The summed E-state index contributed by atoms with van der Waals surface area (Å²) in [5.74, 6) is 0.360. The van der Waals surface area contributed by atoms with Gasteiger partial charge in [0.15, 0.2) is 0 Å². The fourth-order valence-corrected chi connectivity index (χ4v) is 3.80. The lowest BCUT2D eigenvalue weighted by atomic mass is 9.98. The van der Waals surface area contributed by atoms with Gasteiger partial charge in [0, 0.05) is 15.8 Å². The highest BCUT2D eigenvalue weighted by Crippen LogP contribution is 2.24. The standard InChI is InChI=1S/C21H21BrN2OS/c1-14(2)21-23-18(13-26-21)12-19(25)24-20(15-6-4-3-5-7-15)16-8-10-17(22)11-9-16/h3-11,13-14,20H,12H2,1-2H3,(H,24,25). The van der Waals surface area contributed by atoms with E-state index in [9.17, 15) is 4.79 Å². The van der Waals surface area contributed by atoms with Gasteiger partial charge in [0.1, 0.15) is 0 Å². The predicted molar refractivity (Wildman–Crippen MR) is 110 cm³/mol.